The van der Waals surface area contributed by atoms with Crippen molar-refractivity contribution in [1.29, 1.82) is 0 Å². The van der Waals surface area contributed by atoms with Crippen LogP contribution in [-0.2, 0) is 6.54 Å². The summed E-state index contributed by atoms with van der Waals surface area (Å²) in [4.78, 5) is 28.9. The SMILES string of the molecule is Cc1ccnc(NCc2ccc(C(=O)O)nc2)c1[N+](=O)[O-]. The number of nitro groups is 1. The lowest BCUT2D eigenvalue weighted by Crippen LogP contribution is -2.07. The van der Waals surface area contributed by atoms with Crippen LogP contribution >= 0.6 is 0 Å². The molecule has 0 unspecified atom stereocenters. The number of pyridine rings is 2. The quantitative estimate of drug-likeness (QED) is 0.638. The Kier molecular flexibility index (Phi) is 4.07. The molecule has 0 bridgehead atoms. The second-order valence-electron chi connectivity index (χ2n) is 4.29. The number of hydrogen-bond acceptors (Lipinski definition) is 6. The van der Waals surface area contributed by atoms with Crippen molar-refractivity contribution >= 4 is 17.5 Å². The van der Waals surface area contributed by atoms with Crippen molar-refractivity contribution in [3.05, 3.63) is 57.5 Å². The second kappa shape index (κ2) is 5.95. The number of carboxylic acid groups (broad SMARTS) is 1. The average molecular weight is 288 g/mol. The van der Waals surface area contributed by atoms with Crippen LogP contribution in [0.3, 0.4) is 0 Å². The maximum absolute atomic E-state index is 11.0. The average Bonchev–Trinajstić information content (AvgIpc) is 2.45. The number of carbonyl (C=O) groups is 1. The summed E-state index contributed by atoms with van der Waals surface area (Å²) < 4.78 is 0. The lowest BCUT2D eigenvalue weighted by Gasteiger charge is -2.07. The molecule has 2 rings (SSSR count). The molecule has 2 aromatic heterocycles. The molecule has 0 saturated carbocycles. The minimum atomic E-state index is -1.11. The fourth-order valence-corrected chi connectivity index (χ4v) is 1.75. The van der Waals surface area contributed by atoms with E-state index in [1.165, 1.54) is 18.5 Å². The Labute approximate surface area is 119 Å². The molecule has 0 radical (unpaired) electrons. The first-order valence-electron chi connectivity index (χ1n) is 6.01. The third kappa shape index (κ3) is 3.30. The van der Waals surface area contributed by atoms with Crippen molar-refractivity contribution in [2.45, 2.75) is 13.5 Å². The zero-order valence-corrected chi connectivity index (χ0v) is 11.1. The van der Waals surface area contributed by atoms with Crippen molar-refractivity contribution in [1.82, 2.24) is 9.97 Å². The molecular weight excluding hydrogens is 276 g/mol. The number of nitrogens with zero attached hydrogens (tertiary/aromatic N) is 3. The number of aryl methyl sites for hydroxylation is 1. The summed E-state index contributed by atoms with van der Waals surface area (Å²) in [6.45, 7) is 1.89. The standard InChI is InChI=1S/C13H12N4O4/c1-8-4-5-14-12(11(8)17(20)21)16-7-9-2-3-10(13(18)19)15-6-9/h2-6H,7H2,1H3,(H,14,16)(H,18,19). The molecule has 0 spiro atoms. The van der Waals surface area contributed by atoms with E-state index in [-0.39, 0.29) is 23.7 Å². The Morgan fingerprint density at radius 2 is 2.14 bits per heavy atom. The Morgan fingerprint density at radius 3 is 2.71 bits per heavy atom. The molecule has 0 fully saturated rings. The van der Waals surface area contributed by atoms with Gasteiger partial charge in [-0.15, -0.1) is 0 Å². The number of anilines is 1. The van der Waals surface area contributed by atoms with E-state index in [1.807, 2.05) is 0 Å². The summed E-state index contributed by atoms with van der Waals surface area (Å²) in [5.74, 6) is -0.937. The van der Waals surface area contributed by atoms with E-state index < -0.39 is 10.9 Å². The number of nitrogens with one attached hydrogen (secondary N) is 1. The predicted molar refractivity (Wildman–Crippen MR) is 74.2 cm³/mol. The summed E-state index contributed by atoms with van der Waals surface area (Å²) in [5.41, 5.74) is 1.07. The highest BCUT2D eigenvalue weighted by atomic mass is 16.6. The van der Waals surface area contributed by atoms with Gasteiger partial charge in [-0.3, -0.25) is 10.1 Å². The molecule has 8 nitrogen and oxygen atoms in total. The number of aromatic nitrogens is 2. The van der Waals surface area contributed by atoms with Crippen LogP contribution in [-0.4, -0.2) is 26.0 Å². The number of hydrogen-bond donors (Lipinski definition) is 2. The lowest BCUT2D eigenvalue weighted by atomic mass is 10.2. The van der Waals surface area contributed by atoms with Gasteiger partial charge in [-0.1, -0.05) is 6.07 Å². The van der Waals surface area contributed by atoms with Crippen molar-refractivity contribution in [3.63, 3.8) is 0 Å². The van der Waals surface area contributed by atoms with Gasteiger partial charge in [0.2, 0.25) is 5.82 Å². The van der Waals surface area contributed by atoms with Crippen LogP contribution in [0.25, 0.3) is 0 Å². The fraction of sp³-hybridized carbons (Fsp3) is 0.154. The molecule has 0 aromatic carbocycles. The summed E-state index contributed by atoms with van der Waals surface area (Å²) in [5, 5.41) is 22.6. The Morgan fingerprint density at radius 1 is 1.38 bits per heavy atom. The first-order chi connectivity index (χ1) is 9.99. The van der Waals surface area contributed by atoms with Crippen LogP contribution in [0, 0.1) is 17.0 Å². The topological polar surface area (TPSA) is 118 Å². The fourth-order valence-electron chi connectivity index (χ4n) is 1.75. The molecular formula is C13H12N4O4. The zero-order valence-electron chi connectivity index (χ0n) is 11.1. The molecule has 0 aliphatic carbocycles. The van der Waals surface area contributed by atoms with Crippen molar-refractivity contribution in [2.24, 2.45) is 0 Å². The molecule has 0 atom stereocenters. The van der Waals surface area contributed by atoms with Crippen LogP contribution in [0.5, 0.6) is 0 Å². The molecule has 108 valence electrons. The molecule has 0 amide bonds. The maximum Gasteiger partial charge on any atom is 0.354 e. The smallest absolute Gasteiger partial charge is 0.354 e. The highest BCUT2D eigenvalue weighted by Gasteiger charge is 2.18. The van der Waals surface area contributed by atoms with Gasteiger partial charge in [0, 0.05) is 24.5 Å². The highest BCUT2D eigenvalue weighted by Crippen LogP contribution is 2.25. The van der Waals surface area contributed by atoms with Crippen molar-refractivity contribution in [3.8, 4) is 0 Å². The molecule has 0 saturated heterocycles. The van der Waals surface area contributed by atoms with Crippen LogP contribution in [0.15, 0.2) is 30.6 Å². The minimum Gasteiger partial charge on any atom is -0.477 e. The lowest BCUT2D eigenvalue weighted by molar-refractivity contribution is -0.384. The molecule has 8 heteroatoms. The summed E-state index contributed by atoms with van der Waals surface area (Å²) in [6.07, 6.45) is 2.88. The van der Waals surface area contributed by atoms with Crippen LogP contribution < -0.4 is 5.32 Å². The minimum absolute atomic E-state index is 0.0570. The van der Waals surface area contributed by atoms with Gasteiger partial charge in [-0.2, -0.15) is 0 Å². The van der Waals surface area contributed by atoms with E-state index in [1.54, 1.807) is 19.1 Å². The van der Waals surface area contributed by atoms with Gasteiger partial charge >= 0.3 is 11.7 Å². The maximum atomic E-state index is 11.0. The van der Waals surface area contributed by atoms with E-state index >= 15 is 0 Å². The molecule has 0 aliphatic heterocycles. The van der Waals surface area contributed by atoms with Crippen LogP contribution in [0.4, 0.5) is 11.5 Å². The Bertz CT molecular complexity index is 685. The summed E-state index contributed by atoms with van der Waals surface area (Å²) in [6, 6.07) is 4.52. The summed E-state index contributed by atoms with van der Waals surface area (Å²) in [7, 11) is 0. The molecule has 21 heavy (non-hydrogen) atoms. The van der Waals surface area contributed by atoms with Gasteiger partial charge in [-0.05, 0) is 24.6 Å². The van der Waals surface area contributed by atoms with Gasteiger partial charge in [0.05, 0.1) is 4.92 Å². The van der Waals surface area contributed by atoms with Crippen LogP contribution in [0.1, 0.15) is 21.6 Å². The number of aromatic carboxylic acids is 1. The number of carboxylic acids is 1. The first kappa shape index (κ1) is 14.4. The second-order valence-corrected chi connectivity index (χ2v) is 4.29. The Balaban J connectivity index is 2.15. The normalized spacial score (nSPS) is 10.1. The molecule has 0 aliphatic rings. The molecule has 2 N–H and O–H groups in total. The van der Waals surface area contributed by atoms with Gasteiger partial charge < -0.3 is 10.4 Å². The van der Waals surface area contributed by atoms with Gasteiger partial charge in [-0.25, -0.2) is 14.8 Å². The Hall–Kier alpha value is -3.03. The number of rotatable bonds is 5. The van der Waals surface area contributed by atoms with E-state index in [0.717, 1.165) is 0 Å². The van der Waals surface area contributed by atoms with Gasteiger partial charge in [0.1, 0.15) is 5.69 Å². The van der Waals surface area contributed by atoms with Gasteiger partial charge in [0.15, 0.2) is 0 Å². The van der Waals surface area contributed by atoms with E-state index in [4.69, 9.17) is 5.11 Å². The van der Waals surface area contributed by atoms with E-state index in [0.29, 0.717) is 11.1 Å². The molecule has 2 aromatic rings. The highest BCUT2D eigenvalue weighted by molar-refractivity contribution is 5.85. The molecule has 2 heterocycles. The third-order valence-corrected chi connectivity index (χ3v) is 2.81. The first-order valence-corrected chi connectivity index (χ1v) is 6.01. The third-order valence-electron chi connectivity index (χ3n) is 2.81. The van der Waals surface area contributed by atoms with E-state index in [2.05, 4.69) is 15.3 Å². The van der Waals surface area contributed by atoms with Crippen molar-refractivity contribution < 1.29 is 14.8 Å². The van der Waals surface area contributed by atoms with E-state index in [9.17, 15) is 14.9 Å². The van der Waals surface area contributed by atoms with Crippen LogP contribution in [0.2, 0.25) is 0 Å². The predicted octanol–water partition coefficient (Wildman–Crippen LogP) is 2.00. The van der Waals surface area contributed by atoms with Crippen molar-refractivity contribution in [2.75, 3.05) is 5.32 Å². The zero-order chi connectivity index (χ0) is 15.4. The van der Waals surface area contributed by atoms with Gasteiger partial charge in [0.25, 0.3) is 0 Å². The summed E-state index contributed by atoms with van der Waals surface area (Å²) >= 11 is 0. The monoisotopic (exact) mass is 288 g/mol. The largest absolute Gasteiger partial charge is 0.477 e.